The first-order chi connectivity index (χ1) is 8.36. The van der Waals surface area contributed by atoms with Crippen LogP contribution in [0, 0.1) is 5.92 Å². The molecule has 1 aromatic carbocycles. The van der Waals surface area contributed by atoms with Gasteiger partial charge in [-0.15, -0.1) is 0 Å². The molecule has 2 aliphatic rings. The molecule has 0 amide bonds. The highest BCUT2D eigenvalue weighted by molar-refractivity contribution is 7.99. The minimum atomic E-state index is 0.150. The van der Waals surface area contributed by atoms with E-state index < -0.39 is 0 Å². The van der Waals surface area contributed by atoms with Crippen LogP contribution in [0.3, 0.4) is 0 Å². The van der Waals surface area contributed by atoms with E-state index in [1.54, 1.807) is 0 Å². The van der Waals surface area contributed by atoms with Crippen LogP contribution in [-0.4, -0.2) is 30.5 Å². The minimum absolute atomic E-state index is 0.150. The number of hydrogen-bond donors (Lipinski definition) is 0. The molecule has 0 aliphatic carbocycles. The van der Waals surface area contributed by atoms with Crippen LogP contribution in [0.25, 0.3) is 0 Å². The Kier molecular flexibility index (Phi) is 2.97. The zero-order valence-corrected chi connectivity index (χ0v) is 10.3. The van der Waals surface area contributed by atoms with Crippen LogP contribution in [0.4, 0.5) is 0 Å². The van der Waals surface area contributed by atoms with Gasteiger partial charge in [0.05, 0.1) is 5.56 Å². The van der Waals surface area contributed by atoms with Gasteiger partial charge in [-0.05, 0) is 24.3 Å². The molecule has 1 unspecified atom stereocenters. The molecule has 1 aromatic rings. The molecule has 2 heterocycles. The maximum Gasteiger partial charge on any atom is 0.172 e. The molecule has 1 fully saturated rings. The number of fused-ring (bicyclic) bond motifs is 1. The van der Waals surface area contributed by atoms with Crippen molar-refractivity contribution in [3.63, 3.8) is 0 Å². The van der Waals surface area contributed by atoms with Crippen LogP contribution in [0.5, 0.6) is 11.5 Å². The van der Waals surface area contributed by atoms with Crippen molar-refractivity contribution in [2.75, 3.05) is 24.7 Å². The lowest BCUT2D eigenvalue weighted by molar-refractivity contribution is 0.0922. The van der Waals surface area contributed by atoms with Gasteiger partial charge in [-0.25, -0.2) is 0 Å². The number of thioether (sulfide) groups is 1. The summed E-state index contributed by atoms with van der Waals surface area (Å²) in [5.74, 6) is 3.72. The van der Waals surface area contributed by atoms with Crippen LogP contribution < -0.4 is 9.47 Å². The first-order valence-corrected chi connectivity index (χ1v) is 7.02. The van der Waals surface area contributed by atoms with E-state index in [-0.39, 0.29) is 11.7 Å². The lowest BCUT2D eigenvalue weighted by Gasteiger charge is -2.21. The molecule has 2 aliphatic heterocycles. The Hall–Kier alpha value is -1.16. The van der Waals surface area contributed by atoms with Crippen molar-refractivity contribution in [3.8, 4) is 11.5 Å². The van der Waals surface area contributed by atoms with Crippen LogP contribution in [0.1, 0.15) is 16.8 Å². The summed E-state index contributed by atoms with van der Waals surface area (Å²) in [6.45, 7) is 1.08. The summed E-state index contributed by atoms with van der Waals surface area (Å²) in [7, 11) is 0. The molecular weight excluding hydrogens is 236 g/mol. The maximum absolute atomic E-state index is 12.4. The summed E-state index contributed by atoms with van der Waals surface area (Å²) < 4.78 is 11.1. The lowest BCUT2D eigenvalue weighted by Crippen LogP contribution is -2.20. The van der Waals surface area contributed by atoms with Crippen LogP contribution in [0.2, 0.25) is 0 Å². The largest absolute Gasteiger partial charge is 0.486 e. The SMILES string of the molecule is O=C(c1cccc2c1OCCO2)C1CCSC1. The van der Waals surface area contributed by atoms with Crippen LogP contribution in [0.15, 0.2) is 18.2 Å². The number of para-hydroxylation sites is 1. The van der Waals surface area contributed by atoms with Gasteiger partial charge in [0.25, 0.3) is 0 Å². The average molecular weight is 250 g/mol. The molecule has 0 N–H and O–H groups in total. The van der Waals surface area contributed by atoms with Crippen LogP contribution >= 0.6 is 11.8 Å². The molecular formula is C13H14O3S. The van der Waals surface area contributed by atoms with Crippen molar-refractivity contribution in [1.82, 2.24) is 0 Å². The van der Waals surface area contributed by atoms with Gasteiger partial charge < -0.3 is 9.47 Å². The third-order valence-corrected chi connectivity index (χ3v) is 4.29. The van der Waals surface area contributed by atoms with E-state index >= 15 is 0 Å². The summed E-state index contributed by atoms with van der Waals surface area (Å²) in [6, 6.07) is 5.57. The fourth-order valence-electron chi connectivity index (χ4n) is 2.23. The molecule has 1 atom stereocenters. The quantitative estimate of drug-likeness (QED) is 0.755. The average Bonchev–Trinajstić information content (AvgIpc) is 2.91. The Morgan fingerprint density at radius 1 is 1.29 bits per heavy atom. The second kappa shape index (κ2) is 4.61. The molecule has 0 saturated carbocycles. The van der Waals surface area contributed by atoms with Crippen molar-refractivity contribution in [1.29, 1.82) is 0 Å². The molecule has 0 bridgehead atoms. The van der Waals surface area contributed by atoms with Gasteiger partial charge in [0, 0.05) is 11.7 Å². The fourth-order valence-corrected chi connectivity index (χ4v) is 3.45. The highest BCUT2D eigenvalue weighted by Gasteiger charge is 2.28. The number of Topliss-reactive ketones (excluding diaryl/α,β-unsaturated/α-hetero) is 1. The normalized spacial score (nSPS) is 22.5. The Bertz CT molecular complexity index is 438. The molecule has 17 heavy (non-hydrogen) atoms. The Morgan fingerprint density at radius 3 is 3.00 bits per heavy atom. The Morgan fingerprint density at radius 2 is 2.18 bits per heavy atom. The third kappa shape index (κ3) is 2.02. The van der Waals surface area contributed by atoms with Gasteiger partial charge in [0.2, 0.25) is 0 Å². The molecule has 1 saturated heterocycles. The second-order valence-corrected chi connectivity index (χ2v) is 5.40. The number of hydrogen-bond acceptors (Lipinski definition) is 4. The molecule has 4 heteroatoms. The zero-order chi connectivity index (χ0) is 11.7. The van der Waals surface area contributed by atoms with E-state index in [0.717, 1.165) is 17.9 Å². The standard InChI is InChI=1S/C13H14O3S/c14-12(9-4-7-17-8-9)10-2-1-3-11-13(10)16-6-5-15-11/h1-3,9H,4-8H2. The highest BCUT2D eigenvalue weighted by atomic mass is 32.2. The van der Waals surface area contributed by atoms with Crippen molar-refractivity contribution >= 4 is 17.5 Å². The minimum Gasteiger partial charge on any atom is -0.486 e. The summed E-state index contributed by atoms with van der Waals surface area (Å²) >= 11 is 1.85. The molecule has 0 radical (unpaired) electrons. The fraction of sp³-hybridized carbons (Fsp3) is 0.462. The molecule has 90 valence electrons. The predicted molar refractivity (Wildman–Crippen MR) is 67.2 cm³/mol. The van der Waals surface area contributed by atoms with Crippen molar-refractivity contribution in [2.45, 2.75) is 6.42 Å². The number of carbonyl (C=O) groups is 1. The number of rotatable bonds is 2. The smallest absolute Gasteiger partial charge is 0.172 e. The topological polar surface area (TPSA) is 35.5 Å². The number of benzene rings is 1. The Balaban J connectivity index is 1.94. The third-order valence-electron chi connectivity index (χ3n) is 3.13. The van der Waals surface area contributed by atoms with Crippen LogP contribution in [-0.2, 0) is 0 Å². The summed E-state index contributed by atoms with van der Waals surface area (Å²) in [6.07, 6.45) is 0.980. The molecule has 3 nitrogen and oxygen atoms in total. The molecule has 0 aromatic heterocycles. The first-order valence-electron chi connectivity index (χ1n) is 5.87. The van der Waals surface area contributed by atoms with Crippen molar-refractivity contribution < 1.29 is 14.3 Å². The van der Waals surface area contributed by atoms with E-state index in [1.807, 2.05) is 30.0 Å². The Labute approximate surface area is 104 Å². The van der Waals surface area contributed by atoms with Gasteiger partial charge in [0.1, 0.15) is 13.2 Å². The predicted octanol–water partition coefficient (Wildman–Crippen LogP) is 2.39. The van der Waals surface area contributed by atoms with Gasteiger partial charge >= 0.3 is 0 Å². The molecule has 3 rings (SSSR count). The van der Waals surface area contributed by atoms with Crippen molar-refractivity contribution in [3.05, 3.63) is 23.8 Å². The zero-order valence-electron chi connectivity index (χ0n) is 9.48. The van der Waals surface area contributed by atoms with E-state index in [4.69, 9.17) is 9.47 Å². The summed E-state index contributed by atoms with van der Waals surface area (Å²) in [4.78, 5) is 12.4. The first kappa shape index (κ1) is 11.0. The van der Waals surface area contributed by atoms with Gasteiger partial charge in [-0.3, -0.25) is 4.79 Å². The maximum atomic E-state index is 12.4. The second-order valence-electron chi connectivity index (χ2n) is 4.25. The van der Waals surface area contributed by atoms with E-state index in [2.05, 4.69) is 0 Å². The number of ketones is 1. The van der Waals surface area contributed by atoms with E-state index in [1.165, 1.54) is 0 Å². The number of ether oxygens (including phenoxy) is 2. The summed E-state index contributed by atoms with van der Waals surface area (Å²) in [5, 5.41) is 0. The van der Waals surface area contributed by atoms with Gasteiger partial charge in [-0.2, -0.15) is 11.8 Å². The van der Waals surface area contributed by atoms with E-state index in [0.29, 0.717) is 30.3 Å². The highest BCUT2D eigenvalue weighted by Crippen LogP contribution is 2.36. The number of carbonyl (C=O) groups excluding carboxylic acids is 1. The molecule has 0 spiro atoms. The van der Waals surface area contributed by atoms with E-state index in [9.17, 15) is 4.79 Å². The van der Waals surface area contributed by atoms with Gasteiger partial charge in [-0.1, -0.05) is 6.07 Å². The summed E-state index contributed by atoms with van der Waals surface area (Å²) in [5.41, 5.74) is 0.690. The lowest BCUT2D eigenvalue weighted by atomic mass is 9.96. The monoisotopic (exact) mass is 250 g/mol. The van der Waals surface area contributed by atoms with Gasteiger partial charge in [0.15, 0.2) is 17.3 Å². The van der Waals surface area contributed by atoms with Crippen molar-refractivity contribution in [2.24, 2.45) is 5.92 Å².